The van der Waals surface area contributed by atoms with Gasteiger partial charge in [0.15, 0.2) is 0 Å². The molecule has 1 aliphatic rings. The van der Waals surface area contributed by atoms with Gasteiger partial charge in [-0.15, -0.1) is 0 Å². The quantitative estimate of drug-likeness (QED) is 0.876. The summed E-state index contributed by atoms with van der Waals surface area (Å²) in [6.45, 7) is 1.27. The topological polar surface area (TPSA) is 41.1 Å². The van der Waals surface area contributed by atoms with Gasteiger partial charge in [-0.05, 0) is 43.5 Å². The van der Waals surface area contributed by atoms with Crippen molar-refractivity contribution in [1.29, 1.82) is 0 Å². The van der Waals surface area contributed by atoms with Crippen LogP contribution in [0, 0.1) is 5.92 Å². The molecule has 1 saturated carbocycles. The molecule has 0 aromatic heterocycles. The molecule has 1 amide bonds. The van der Waals surface area contributed by atoms with E-state index in [0.29, 0.717) is 17.3 Å². The van der Waals surface area contributed by atoms with E-state index >= 15 is 0 Å². The average molecular weight is 318 g/mol. The summed E-state index contributed by atoms with van der Waals surface area (Å²) in [5.41, 5.74) is 0.646. The van der Waals surface area contributed by atoms with Crippen LogP contribution in [0.4, 0.5) is 5.69 Å². The van der Waals surface area contributed by atoms with Crippen molar-refractivity contribution in [3.05, 3.63) is 27.7 Å². The van der Waals surface area contributed by atoms with E-state index in [4.69, 9.17) is 11.6 Å². The predicted molar refractivity (Wildman–Crippen MR) is 73.4 cm³/mol. The first-order valence-corrected chi connectivity index (χ1v) is 6.78. The maximum absolute atomic E-state index is 11.6. The molecule has 17 heavy (non-hydrogen) atoms. The lowest BCUT2D eigenvalue weighted by molar-refractivity contribution is -0.115. The summed E-state index contributed by atoms with van der Waals surface area (Å²) >= 11 is 9.32. The van der Waals surface area contributed by atoms with Crippen molar-refractivity contribution in [1.82, 2.24) is 5.32 Å². The second-order valence-corrected chi connectivity index (χ2v) is 5.57. The highest BCUT2D eigenvalue weighted by molar-refractivity contribution is 9.10. The molecule has 0 spiro atoms. The zero-order valence-electron chi connectivity index (χ0n) is 9.30. The monoisotopic (exact) mass is 316 g/mol. The number of hydrogen-bond acceptors (Lipinski definition) is 2. The van der Waals surface area contributed by atoms with Crippen molar-refractivity contribution in [3.8, 4) is 0 Å². The molecule has 92 valence electrons. The summed E-state index contributed by atoms with van der Waals surface area (Å²) in [4.78, 5) is 11.6. The highest BCUT2D eigenvalue weighted by Gasteiger charge is 2.20. The molecule has 0 aliphatic heterocycles. The van der Waals surface area contributed by atoms with Crippen LogP contribution in [0.5, 0.6) is 0 Å². The number of hydrogen-bond donors (Lipinski definition) is 2. The zero-order valence-corrected chi connectivity index (χ0v) is 11.6. The predicted octanol–water partition coefficient (Wildman–Crippen LogP) is 3.04. The van der Waals surface area contributed by atoms with Crippen LogP contribution in [0.15, 0.2) is 22.7 Å². The fourth-order valence-corrected chi connectivity index (χ4v) is 2.22. The summed E-state index contributed by atoms with van der Waals surface area (Å²) in [5, 5.41) is 6.45. The third-order valence-electron chi connectivity index (χ3n) is 2.62. The van der Waals surface area contributed by atoms with Gasteiger partial charge in [-0.1, -0.05) is 27.5 Å². The first-order chi connectivity index (χ1) is 8.15. The van der Waals surface area contributed by atoms with E-state index in [2.05, 4.69) is 26.6 Å². The van der Waals surface area contributed by atoms with E-state index in [9.17, 15) is 4.79 Å². The normalized spacial score (nSPS) is 14.7. The lowest BCUT2D eigenvalue weighted by Crippen LogP contribution is -2.29. The number of amides is 1. The Kier molecular flexibility index (Phi) is 4.42. The van der Waals surface area contributed by atoms with Gasteiger partial charge >= 0.3 is 0 Å². The van der Waals surface area contributed by atoms with Crippen LogP contribution in [0.3, 0.4) is 0 Å². The van der Waals surface area contributed by atoms with Crippen LogP contribution in [0.25, 0.3) is 0 Å². The molecule has 1 fully saturated rings. The summed E-state index contributed by atoms with van der Waals surface area (Å²) in [7, 11) is 0. The molecule has 0 saturated heterocycles. The standard InChI is InChI=1S/C12H14BrClN2O/c13-9-3-4-11(10(14)5-9)16-12(17)7-15-6-8-1-2-8/h3-5,8,15H,1-2,6-7H2,(H,16,17). The molecule has 5 heteroatoms. The minimum absolute atomic E-state index is 0.0603. The Hall–Kier alpha value is -0.580. The second-order valence-electron chi connectivity index (χ2n) is 4.25. The molecular formula is C12H14BrClN2O. The Morgan fingerprint density at radius 2 is 2.24 bits per heavy atom. The number of benzene rings is 1. The number of rotatable bonds is 5. The van der Waals surface area contributed by atoms with E-state index in [-0.39, 0.29) is 5.91 Å². The Morgan fingerprint density at radius 1 is 1.47 bits per heavy atom. The van der Waals surface area contributed by atoms with Gasteiger partial charge < -0.3 is 10.6 Å². The smallest absolute Gasteiger partial charge is 0.238 e. The lowest BCUT2D eigenvalue weighted by atomic mass is 10.3. The number of carbonyl (C=O) groups is 1. The number of anilines is 1. The van der Waals surface area contributed by atoms with Crippen LogP contribution in [-0.2, 0) is 4.79 Å². The Bertz CT molecular complexity index is 421. The first kappa shape index (κ1) is 12.9. The minimum atomic E-state index is -0.0603. The maximum atomic E-state index is 11.6. The molecule has 1 aliphatic carbocycles. The van der Waals surface area contributed by atoms with Gasteiger partial charge in [0.05, 0.1) is 17.3 Å². The molecule has 1 aromatic rings. The Labute approximate surface area is 114 Å². The van der Waals surface area contributed by atoms with Crippen molar-refractivity contribution < 1.29 is 4.79 Å². The summed E-state index contributed by atoms with van der Waals surface area (Å²) < 4.78 is 0.896. The largest absolute Gasteiger partial charge is 0.324 e. The molecular weight excluding hydrogens is 304 g/mol. The Balaban J connectivity index is 1.79. The minimum Gasteiger partial charge on any atom is -0.324 e. The number of nitrogens with one attached hydrogen (secondary N) is 2. The van der Waals surface area contributed by atoms with Crippen LogP contribution < -0.4 is 10.6 Å². The summed E-state index contributed by atoms with van der Waals surface area (Å²) in [6, 6.07) is 5.39. The summed E-state index contributed by atoms with van der Waals surface area (Å²) in [5.74, 6) is 0.717. The van der Waals surface area contributed by atoms with Crippen LogP contribution >= 0.6 is 27.5 Å². The zero-order chi connectivity index (χ0) is 12.3. The van der Waals surface area contributed by atoms with Crippen LogP contribution in [-0.4, -0.2) is 19.0 Å². The van der Waals surface area contributed by atoms with Gasteiger partial charge in [0, 0.05) is 4.47 Å². The fourth-order valence-electron chi connectivity index (χ4n) is 1.50. The maximum Gasteiger partial charge on any atom is 0.238 e. The highest BCUT2D eigenvalue weighted by atomic mass is 79.9. The molecule has 0 unspecified atom stereocenters. The molecule has 2 rings (SSSR count). The van der Waals surface area contributed by atoms with E-state index in [1.54, 1.807) is 12.1 Å². The van der Waals surface area contributed by atoms with E-state index in [0.717, 1.165) is 16.9 Å². The third-order valence-corrected chi connectivity index (χ3v) is 3.43. The van der Waals surface area contributed by atoms with E-state index < -0.39 is 0 Å². The fraction of sp³-hybridized carbons (Fsp3) is 0.417. The molecule has 1 aromatic carbocycles. The van der Waals surface area contributed by atoms with Gasteiger partial charge in [-0.2, -0.15) is 0 Å². The molecule has 0 radical (unpaired) electrons. The van der Waals surface area contributed by atoms with Gasteiger partial charge in [0.25, 0.3) is 0 Å². The van der Waals surface area contributed by atoms with Crippen molar-refractivity contribution in [2.75, 3.05) is 18.4 Å². The van der Waals surface area contributed by atoms with E-state index in [1.807, 2.05) is 6.07 Å². The Morgan fingerprint density at radius 3 is 2.88 bits per heavy atom. The van der Waals surface area contributed by atoms with Crippen molar-refractivity contribution >= 4 is 39.1 Å². The van der Waals surface area contributed by atoms with Crippen molar-refractivity contribution in [2.24, 2.45) is 5.92 Å². The molecule has 0 heterocycles. The van der Waals surface area contributed by atoms with Crippen LogP contribution in [0.2, 0.25) is 5.02 Å². The van der Waals surface area contributed by atoms with Gasteiger partial charge in [-0.25, -0.2) is 0 Å². The lowest BCUT2D eigenvalue weighted by Gasteiger charge is -2.08. The molecule has 0 atom stereocenters. The average Bonchev–Trinajstić information content (AvgIpc) is 3.06. The van der Waals surface area contributed by atoms with Gasteiger partial charge in [-0.3, -0.25) is 4.79 Å². The molecule has 3 nitrogen and oxygen atoms in total. The highest BCUT2D eigenvalue weighted by Crippen LogP contribution is 2.27. The molecule has 0 bridgehead atoms. The van der Waals surface area contributed by atoms with Gasteiger partial charge in [0.1, 0.15) is 0 Å². The third kappa shape index (κ3) is 4.30. The number of carbonyl (C=O) groups excluding carboxylic acids is 1. The van der Waals surface area contributed by atoms with Crippen LogP contribution in [0.1, 0.15) is 12.8 Å². The summed E-state index contributed by atoms with van der Waals surface area (Å²) in [6.07, 6.45) is 2.57. The second kappa shape index (κ2) is 5.85. The van der Waals surface area contributed by atoms with E-state index in [1.165, 1.54) is 12.8 Å². The van der Waals surface area contributed by atoms with Gasteiger partial charge in [0.2, 0.25) is 5.91 Å². The number of halogens is 2. The SMILES string of the molecule is O=C(CNCC1CC1)Nc1ccc(Br)cc1Cl. The van der Waals surface area contributed by atoms with Crippen molar-refractivity contribution in [3.63, 3.8) is 0 Å². The van der Waals surface area contributed by atoms with Crippen molar-refractivity contribution in [2.45, 2.75) is 12.8 Å². The molecule has 2 N–H and O–H groups in total. The first-order valence-electron chi connectivity index (χ1n) is 5.61.